The second-order valence-corrected chi connectivity index (χ2v) is 14.6. The number of phosphoric acid groups is 1. The summed E-state index contributed by atoms with van der Waals surface area (Å²) >= 11 is 0. The maximum absolute atomic E-state index is 12.4. The van der Waals surface area contributed by atoms with E-state index in [-0.39, 0.29) is 19.4 Å². The van der Waals surface area contributed by atoms with Crippen molar-refractivity contribution in [2.45, 2.75) is 173 Å². The van der Waals surface area contributed by atoms with Crippen molar-refractivity contribution in [2.75, 3.05) is 13.2 Å². The normalized spacial score (nSPS) is 17.1. The monoisotopic (exact) mass is 736 g/mol. The third kappa shape index (κ3) is 32.1. The highest BCUT2D eigenvalue weighted by molar-refractivity contribution is 7.46. The minimum atomic E-state index is -4.77. The van der Waals surface area contributed by atoms with Gasteiger partial charge in [-0.1, -0.05) is 132 Å². The molecule has 1 saturated heterocycles. The first-order valence-electron chi connectivity index (χ1n) is 19.7. The first-order valence-corrected chi connectivity index (χ1v) is 21.3. The van der Waals surface area contributed by atoms with E-state index in [0.717, 1.165) is 64.2 Å². The fraction of sp³-hybridized carbons (Fsp3) is 0.707. The quantitative estimate of drug-likeness (QED) is 0.0165. The number of unbranched alkanes of at least 4 members (excludes halogenated alkanes) is 12. The van der Waals surface area contributed by atoms with Crippen molar-refractivity contribution in [3.8, 4) is 0 Å². The van der Waals surface area contributed by atoms with Crippen LogP contribution in [0.4, 0.5) is 0 Å². The lowest BCUT2D eigenvalue weighted by atomic mass is 10.1. The van der Waals surface area contributed by atoms with E-state index in [1.807, 2.05) is 6.08 Å². The Hall–Kier alpha value is -2.29. The lowest BCUT2D eigenvalue weighted by molar-refractivity contribution is -0.161. The molecule has 1 heterocycles. The number of carbonyl (C=O) groups excluding carboxylic acids is 2. The Morgan fingerprint density at radius 2 is 1.22 bits per heavy atom. The van der Waals surface area contributed by atoms with Gasteiger partial charge < -0.3 is 24.0 Å². The standard InChI is InChI=1S/C41H69O9P/c1-3-5-7-8-9-10-11-12-13-14-15-20-23-26-30-34-41(43)49-37(36-48-51(44,45)46)35-47-40(42)33-29-25-22-19-17-16-18-21-24-28-32-39-38(50-39)31-27-6-4-2/h10-13,16,18-19,22,24,28,37-39H,3-9,14-15,17,20-21,23,25-27,29-36H2,1-2H3,(H2,44,45,46)/b11-10-,13-12-,18-16-,22-19-,28-24-/t37-,38?,39?/m1/s1. The van der Waals surface area contributed by atoms with E-state index < -0.39 is 32.5 Å². The topological polar surface area (TPSA) is 132 Å². The molecule has 9 nitrogen and oxygen atoms in total. The lowest BCUT2D eigenvalue weighted by Gasteiger charge is -2.18. The third-order valence-electron chi connectivity index (χ3n) is 8.46. The summed E-state index contributed by atoms with van der Waals surface area (Å²) in [5.41, 5.74) is 0. The molecule has 1 aliphatic rings. The molecule has 1 fully saturated rings. The molecule has 3 atom stereocenters. The highest BCUT2D eigenvalue weighted by atomic mass is 31.2. The van der Waals surface area contributed by atoms with E-state index in [2.05, 4.69) is 73.1 Å². The molecule has 2 N–H and O–H groups in total. The minimum absolute atomic E-state index is 0.178. The van der Waals surface area contributed by atoms with Crippen LogP contribution in [0, 0.1) is 0 Å². The van der Waals surface area contributed by atoms with E-state index in [1.54, 1.807) is 0 Å². The summed E-state index contributed by atoms with van der Waals surface area (Å²) in [4.78, 5) is 42.7. The largest absolute Gasteiger partial charge is 0.469 e. The van der Waals surface area contributed by atoms with Crippen molar-refractivity contribution in [3.05, 3.63) is 60.8 Å². The minimum Gasteiger partial charge on any atom is -0.462 e. The van der Waals surface area contributed by atoms with Crippen LogP contribution < -0.4 is 0 Å². The van der Waals surface area contributed by atoms with Crippen molar-refractivity contribution in [2.24, 2.45) is 0 Å². The molecule has 1 aliphatic heterocycles. The highest BCUT2D eigenvalue weighted by Crippen LogP contribution is 2.36. The number of rotatable bonds is 34. The van der Waals surface area contributed by atoms with Gasteiger partial charge in [-0.3, -0.25) is 14.1 Å². The number of carbonyl (C=O) groups is 2. The SMILES string of the molecule is CCCCCC/C=C\C=C/CCCCCCCC(=O)O[C@H](COC(=O)CCC/C=C\C/C=C\C/C=C\CC1OC1CCCCC)COP(=O)(O)O. The molecule has 0 aromatic heterocycles. The number of esters is 2. The van der Waals surface area contributed by atoms with Crippen LogP contribution in [0.25, 0.3) is 0 Å². The zero-order valence-corrected chi connectivity index (χ0v) is 32.6. The molecule has 0 aliphatic carbocycles. The van der Waals surface area contributed by atoms with Gasteiger partial charge >= 0.3 is 19.8 Å². The van der Waals surface area contributed by atoms with Crippen LogP contribution in [-0.2, 0) is 32.9 Å². The van der Waals surface area contributed by atoms with E-state index >= 15 is 0 Å². The zero-order valence-electron chi connectivity index (χ0n) is 31.7. The number of hydrogen-bond donors (Lipinski definition) is 2. The second kappa shape index (κ2) is 32.4. The fourth-order valence-electron chi connectivity index (χ4n) is 5.39. The first kappa shape index (κ1) is 46.7. The molecule has 51 heavy (non-hydrogen) atoms. The maximum atomic E-state index is 12.4. The molecule has 0 aromatic carbocycles. The van der Waals surface area contributed by atoms with Crippen molar-refractivity contribution in [1.29, 1.82) is 0 Å². The maximum Gasteiger partial charge on any atom is 0.469 e. The number of phosphoric ester groups is 1. The van der Waals surface area contributed by atoms with Crippen molar-refractivity contribution in [3.63, 3.8) is 0 Å². The summed E-state index contributed by atoms with van der Waals surface area (Å²) < 4.78 is 32.0. The molecule has 0 aromatic rings. The molecule has 10 heteroatoms. The Morgan fingerprint density at radius 3 is 1.90 bits per heavy atom. The summed E-state index contributed by atoms with van der Waals surface area (Å²) in [6.07, 6.45) is 42.6. The van der Waals surface area contributed by atoms with Crippen LogP contribution in [0.15, 0.2) is 60.8 Å². The summed E-state index contributed by atoms with van der Waals surface area (Å²) in [5, 5.41) is 0. The Bertz CT molecular complexity index is 1080. The molecule has 0 saturated carbocycles. The second-order valence-electron chi connectivity index (χ2n) is 13.3. The predicted octanol–water partition coefficient (Wildman–Crippen LogP) is 10.7. The first-order chi connectivity index (χ1) is 24.7. The average Bonchev–Trinajstić information content (AvgIpc) is 3.85. The van der Waals surface area contributed by atoms with Crippen LogP contribution >= 0.6 is 7.82 Å². The van der Waals surface area contributed by atoms with Gasteiger partial charge in [0.2, 0.25) is 0 Å². The Balaban J connectivity index is 2.14. The van der Waals surface area contributed by atoms with Gasteiger partial charge in [-0.25, -0.2) is 4.57 Å². The van der Waals surface area contributed by atoms with E-state index in [9.17, 15) is 14.2 Å². The Kier molecular flexibility index (Phi) is 29.7. The van der Waals surface area contributed by atoms with Crippen molar-refractivity contribution in [1.82, 2.24) is 0 Å². The van der Waals surface area contributed by atoms with Gasteiger partial charge in [-0.2, -0.15) is 0 Å². The van der Waals surface area contributed by atoms with E-state index in [4.69, 9.17) is 24.0 Å². The van der Waals surface area contributed by atoms with Gasteiger partial charge in [0.05, 0.1) is 18.8 Å². The number of allylic oxidation sites excluding steroid dienone is 9. The molecular weight excluding hydrogens is 667 g/mol. The average molecular weight is 737 g/mol. The molecule has 2 unspecified atom stereocenters. The van der Waals surface area contributed by atoms with Gasteiger partial charge in [-0.15, -0.1) is 0 Å². The molecular formula is C41H69O9P. The smallest absolute Gasteiger partial charge is 0.462 e. The molecule has 0 radical (unpaired) electrons. The molecule has 0 bridgehead atoms. The van der Waals surface area contributed by atoms with Crippen LogP contribution in [0.3, 0.4) is 0 Å². The lowest BCUT2D eigenvalue weighted by Crippen LogP contribution is -2.29. The van der Waals surface area contributed by atoms with E-state index in [1.165, 1.54) is 51.4 Å². The Morgan fingerprint density at radius 1 is 0.647 bits per heavy atom. The summed E-state index contributed by atoms with van der Waals surface area (Å²) in [5.74, 6) is -0.978. The highest BCUT2D eigenvalue weighted by Gasteiger charge is 2.36. The summed E-state index contributed by atoms with van der Waals surface area (Å²) in [7, 11) is -4.77. The van der Waals surface area contributed by atoms with Crippen molar-refractivity contribution >= 4 is 19.8 Å². The number of epoxide rings is 1. The van der Waals surface area contributed by atoms with Gasteiger partial charge in [0, 0.05) is 12.8 Å². The third-order valence-corrected chi connectivity index (χ3v) is 8.95. The van der Waals surface area contributed by atoms with Gasteiger partial charge in [0.15, 0.2) is 6.10 Å². The van der Waals surface area contributed by atoms with Gasteiger partial charge in [0.25, 0.3) is 0 Å². The van der Waals surface area contributed by atoms with Crippen LogP contribution in [0.5, 0.6) is 0 Å². The molecule has 1 rings (SSSR count). The Labute approximate surface area is 309 Å². The van der Waals surface area contributed by atoms with Gasteiger partial charge in [-0.05, 0) is 70.6 Å². The number of hydrogen-bond acceptors (Lipinski definition) is 7. The van der Waals surface area contributed by atoms with Crippen molar-refractivity contribution < 1.29 is 42.7 Å². The zero-order chi connectivity index (χ0) is 37.3. The summed E-state index contributed by atoms with van der Waals surface area (Å²) in [6.45, 7) is 3.55. The van der Waals surface area contributed by atoms with Crippen LogP contribution in [0.2, 0.25) is 0 Å². The van der Waals surface area contributed by atoms with Crippen LogP contribution in [-0.4, -0.2) is 53.3 Å². The van der Waals surface area contributed by atoms with E-state index in [0.29, 0.717) is 25.0 Å². The number of ether oxygens (including phenoxy) is 3. The summed E-state index contributed by atoms with van der Waals surface area (Å²) in [6, 6.07) is 0. The molecule has 0 spiro atoms. The van der Waals surface area contributed by atoms with Gasteiger partial charge in [0.1, 0.15) is 6.61 Å². The van der Waals surface area contributed by atoms with Crippen LogP contribution in [0.1, 0.15) is 155 Å². The molecule has 0 amide bonds. The predicted molar refractivity (Wildman–Crippen MR) is 206 cm³/mol. The molecule has 292 valence electrons. The fourth-order valence-corrected chi connectivity index (χ4v) is 5.75.